The monoisotopic (exact) mass is 374 g/mol. The normalized spacial score (nSPS) is 10.3. The highest BCUT2D eigenvalue weighted by Gasteiger charge is 2.15. The van der Waals surface area contributed by atoms with Gasteiger partial charge < -0.3 is 4.42 Å². The Morgan fingerprint density at radius 1 is 0.840 bits per heavy atom. The van der Waals surface area contributed by atoms with E-state index >= 15 is 0 Å². The summed E-state index contributed by atoms with van der Waals surface area (Å²) in [5, 5.41) is 0.937. The summed E-state index contributed by atoms with van der Waals surface area (Å²) in [6.45, 7) is 0. The maximum absolute atomic E-state index is 12.1. The van der Waals surface area contributed by atoms with Crippen LogP contribution in [0.2, 0.25) is 10.0 Å². The molecular formula is C18H12Cl2N2O3. The van der Waals surface area contributed by atoms with Crippen molar-refractivity contribution < 1.29 is 14.0 Å². The fraction of sp³-hybridized carbons (Fsp3) is 0. The van der Waals surface area contributed by atoms with E-state index in [9.17, 15) is 9.59 Å². The number of amides is 2. The number of hydrogen-bond acceptors (Lipinski definition) is 3. The molecule has 126 valence electrons. The van der Waals surface area contributed by atoms with Crippen LogP contribution < -0.4 is 10.9 Å². The van der Waals surface area contributed by atoms with Crippen molar-refractivity contribution in [1.29, 1.82) is 0 Å². The van der Waals surface area contributed by atoms with Crippen LogP contribution in [0.3, 0.4) is 0 Å². The van der Waals surface area contributed by atoms with E-state index in [2.05, 4.69) is 10.9 Å². The van der Waals surface area contributed by atoms with Crippen molar-refractivity contribution in [3.05, 3.63) is 82.0 Å². The predicted molar refractivity (Wildman–Crippen MR) is 95.5 cm³/mol. The van der Waals surface area contributed by atoms with Crippen molar-refractivity contribution >= 4 is 35.0 Å². The molecule has 0 bridgehead atoms. The minimum absolute atomic E-state index is 0.0429. The molecule has 5 nitrogen and oxygen atoms in total. The Kier molecular flexibility index (Phi) is 5.07. The van der Waals surface area contributed by atoms with Gasteiger partial charge in [-0.25, -0.2) is 0 Å². The minimum atomic E-state index is -0.589. The van der Waals surface area contributed by atoms with Crippen LogP contribution in [0.1, 0.15) is 20.9 Å². The molecule has 0 atom stereocenters. The zero-order valence-corrected chi connectivity index (χ0v) is 14.3. The molecule has 0 spiro atoms. The van der Waals surface area contributed by atoms with Crippen LogP contribution in [0.4, 0.5) is 0 Å². The lowest BCUT2D eigenvalue weighted by Gasteiger charge is -2.06. The lowest BCUT2D eigenvalue weighted by Crippen LogP contribution is -2.41. The number of carbonyl (C=O) groups is 2. The summed E-state index contributed by atoms with van der Waals surface area (Å²) in [5.41, 5.74) is 5.58. The first kappa shape index (κ1) is 17.1. The quantitative estimate of drug-likeness (QED) is 0.670. The maximum Gasteiger partial charge on any atom is 0.305 e. The number of carbonyl (C=O) groups excluding carboxylic acids is 2. The molecule has 0 aliphatic carbocycles. The van der Waals surface area contributed by atoms with Gasteiger partial charge in [-0.05, 0) is 42.5 Å². The average Bonchev–Trinajstić information content (AvgIpc) is 3.09. The van der Waals surface area contributed by atoms with E-state index in [0.29, 0.717) is 26.9 Å². The van der Waals surface area contributed by atoms with Crippen LogP contribution in [0.5, 0.6) is 0 Å². The maximum atomic E-state index is 12.1. The summed E-state index contributed by atoms with van der Waals surface area (Å²) in [6.07, 6.45) is 0. The SMILES string of the molecule is O=C(NNC(=O)c1ccc(-c2ccccc2Cl)o1)c1cccc(Cl)c1. The molecule has 7 heteroatoms. The van der Waals surface area contributed by atoms with Crippen molar-refractivity contribution in [2.24, 2.45) is 0 Å². The molecule has 0 saturated heterocycles. The van der Waals surface area contributed by atoms with E-state index in [1.807, 2.05) is 6.07 Å². The van der Waals surface area contributed by atoms with E-state index in [-0.39, 0.29) is 5.76 Å². The molecule has 0 aliphatic rings. The molecule has 3 rings (SSSR count). The summed E-state index contributed by atoms with van der Waals surface area (Å²) in [4.78, 5) is 24.1. The molecule has 1 aromatic heterocycles. The Morgan fingerprint density at radius 2 is 1.60 bits per heavy atom. The average molecular weight is 375 g/mol. The van der Waals surface area contributed by atoms with E-state index in [0.717, 1.165) is 0 Å². The van der Waals surface area contributed by atoms with Gasteiger partial charge in [0, 0.05) is 16.1 Å². The highest BCUT2D eigenvalue weighted by molar-refractivity contribution is 6.33. The second-order valence-corrected chi connectivity index (χ2v) is 5.91. The van der Waals surface area contributed by atoms with Gasteiger partial charge in [-0.1, -0.05) is 41.4 Å². The Bertz CT molecular complexity index is 937. The second kappa shape index (κ2) is 7.42. The van der Waals surface area contributed by atoms with Crippen molar-refractivity contribution in [2.75, 3.05) is 0 Å². The molecule has 1 heterocycles. The van der Waals surface area contributed by atoms with Crippen LogP contribution in [0.25, 0.3) is 11.3 Å². The van der Waals surface area contributed by atoms with Crippen LogP contribution in [-0.4, -0.2) is 11.8 Å². The highest BCUT2D eigenvalue weighted by atomic mass is 35.5. The summed E-state index contributed by atoms with van der Waals surface area (Å²) in [6, 6.07) is 16.6. The predicted octanol–water partition coefficient (Wildman–Crippen LogP) is 4.33. The smallest absolute Gasteiger partial charge is 0.305 e. The van der Waals surface area contributed by atoms with Gasteiger partial charge in [0.2, 0.25) is 0 Å². The molecule has 0 aliphatic heterocycles. The largest absolute Gasteiger partial charge is 0.451 e. The lowest BCUT2D eigenvalue weighted by atomic mass is 10.2. The summed E-state index contributed by atoms with van der Waals surface area (Å²) >= 11 is 11.9. The molecule has 2 amide bonds. The van der Waals surface area contributed by atoms with Gasteiger partial charge in [0.25, 0.3) is 5.91 Å². The first-order valence-electron chi connectivity index (χ1n) is 7.25. The molecule has 2 aromatic carbocycles. The van der Waals surface area contributed by atoms with Crippen LogP contribution >= 0.6 is 23.2 Å². The zero-order valence-electron chi connectivity index (χ0n) is 12.8. The van der Waals surface area contributed by atoms with Crippen LogP contribution in [0, 0.1) is 0 Å². The minimum Gasteiger partial charge on any atom is -0.451 e. The van der Waals surface area contributed by atoms with Gasteiger partial charge in [0.05, 0.1) is 5.02 Å². The molecule has 0 saturated carbocycles. The number of furan rings is 1. The van der Waals surface area contributed by atoms with Crippen molar-refractivity contribution in [2.45, 2.75) is 0 Å². The lowest BCUT2D eigenvalue weighted by molar-refractivity contribution is 0.0831. The Morgan fingerprint density at radius 3 is 2.36 bits per heavy atom. The van der Waals surface area contributed by atoms with Gasteiger partial charge in [0.15, 0.2) is 5.76 Å². The highest BCUT2D eigenvalue weighted by Crippen LogP contribution is 2.28. The topological polar surface area (TPSA) is 71.3 Å². The van der Waals surface area contributed by atoms with Gasteiger partial charge >= 0.3 is 5.91 Å². The standard InChI is InChI=1S/C18H12Cl2N2O3/c19-12-5-3-4-11(10-12)17(23)21-22-18(24)16-9-8-15(25-16)13-6-1-2-7-14(13)20/h1-10H,(H,21,23)(H,22,24). The van der Waals surface area contributed by atoms with E-state index in [1.54, 1.807) is 42.5 Å². The Balaban J connectivity index is 1.66. The number of hydrazine groups is 1. The van der Waals surface area contributed by atoms with E-state index in [1.165, 1.54) is 12.1 Å². The molecule has 0 fully saturated rings. The summed E-state index contributed by atoms with van der Waals surface area (Å²) in [5.74, 6) is -0.583. The van der Waals surface area contributed by atoms with E-state index in [4.69, 9.17) is 27.6 Å². The third-order valence-electron chi connectivity index (χ3n) is 3.35. The number of halogens is 2. The van der Waals surface area contributed by atoms with Gasteiger partial charge in [-0.3, -0.25) is 20.4 Å². The van der Waals surface area contributed by atoms with Crippen LogP contribution in [-0.2, 0) is 0 Å². The van der Waals surface area contributed by atoms with Crippen molar-refractivity contribution in [1.82, 2.24) is 10.9 Å². The molecule has 0 radical (unpaired) electrons. The number of nitrogens with one attached hydrogen (secondary N) is 2. The molecular weight excluding hydrogens is 363 g/mol. The third kappa shape index (κ3) is 4.02. The first-order valence-corrected chi connectivity index (χ1v) is 8.01. The van der Waals surface area contributed by atoms with Gasteiger partial charge in [-0.15, -0.1) is 0 Å². The first-order chi connectivity index (χ1) is 12.0. The number of benzene rings is 2. The third-order valence-corrected chi connectivity index (χ3v) is 3.91. The van der Waals surface area contributed by atoms with Crippen molar-refractivity contribution in [3.63, 3.8) is 0 Å². The van der Waals surface area contributed by atoms with Gasteiger partial charge in [-0.2, -0.15) is 0 Å². The van der Waals surface area contributed by atoms with Gasteiger partial charge in [0.1, 0.15) is 5.76 Å². The Hall–Kier alpha value is -2.76. The molecule has 0 unspecified atom stereocenters. The number of hydrogen-bond donors (Lipinski definition) is 2. The molecule has 2 N–H and O–H groups in total. The fourth-order valence-corrected chi connectivity index (χ4v) is 2.56. The Labute approximate surface area is 153 Å². The molecule has 3 aromatic rings. The summed E-state index contributed by atoms with van der Waals surface area (Å²) in [7, 11) is 0. The zero-order chi connectivity index (χ0) is 17.8. The fourth-order valence-electron chi connectivity index (χ4n) is 2.14. The van der Waals surface area contributed by atoms with E-state index < -0.39 is 11.8 Å². The number of rotatable bonds is 3. The molecule has 25 heavy (non-hydrogen) atoms. The van der Waals surface area contributed by atoms with Crippen LogP contribution in [0.15, 0.2) is 65.1 Å². The second-order valence-electron chi connectivity index (χ2n) is 5.06. The van der Waals surface area contributed by atoms with Crippen molar-refractivity contribution in [3.8, 4) is 11.3 Å². The summed E-state index contributed by atoms with van der Waals surface area (Å²) < 4.78 is 5.50.